The molecule has 0 radical (unpaired) electrons. The largest absolute Gasteiger partial charge is 0.343 e. The second-order valence-corrected chi connectivity index (χ2v) is 4.79. The highest BCUT2D eigenvalue weighted by Gasteiger charge is 2.15. The Balaban J connectivity index is 2.45. The van der Waals surface area contributed by atoms with Gasteiger partial charge in [-0.15, -0.1) is 0 Å². The molecule has 0 saturated carbocycles. The fourth-order valence-electron chi connectivity index (χ4n) is 1.69. The fourth-order valence-corrected chi connectivity index (χ4v) is 1.86. The van der Waals surface area contributed by atoms with Gasteiger partial charge in [-0.25, -0.2) is 9.07 Å². The van der Waals surface area contributed by atoms with Crippen LogP contribution in [0.25, 0.3) is 5.69 Å². The zero-order chi connectivity index (χ0) is 14.2. The molecule has 1 heterocycles. The topological polar surface area (TPSA) is 38.1 Å². The van der Waals surface area contributed by atoms with E-state index in [0.717, 1.165) is 5.69 Å². The van der Waals surface area contributed by atoms with Crippen LogP contribution < -0.4 is 0 Å². The van der Waals surface area contributed by atoms with E-state index < -0.39 is 5.82 Å². The van der Waals surface area contributed by atoms with Gasteiger partial charge in [0.2, 0.25) is 0 Å². The average molecular weight is 282 g/mol. The molecule has 0 spiro atoms. The Kier molecular flexibility index (Phi) is 3.57. The van der Waals surface area contributed by atoms with Gasteiger partial charge in [-0.1, -0.05) is 11.6 Å². The van der Waals surface area contributed by atoms with Crippen LogP contribution in [0.1, 0.15) is 16.2 Å². The van der Waals surface area contributed by atoms with E-state index >= 15 is 0 Å². The number of hydrogen-bond donors (Lipinski definition) is 0. The third-order valence-electron chi connectivity index (χ3n) is 2.66. The second-order valence-electron chi connectivity index (χ2n) is 4.38. The van der Waals surface area contributed by atoms with Crippen LogP contribution >= 0.6 is 11.6 Å². The molecule has 0 aliphatic carbocycles. The van der Waals surface area contributed by atoms with Crippen molar-refractivity contribution in [2.24, 2.45) is 0 Å². The summed E-state index contributed by atoms with van der Waals surface area (Å²) in [5, 5.41) is 4.24. The molecule has 0 aliphatic rings. The van der Waals surface area contributed by atoms with Crippen LogP contribution in [0, 0.1) is 12.7 Å². The van der Waals surface area contributed by atoms with Crippen molar-refractivity contribution < 1.29 is 9.18 Å². The van der Waals surface area contributed by atoms with Crippen LogP contribution in [0.4, 0.5) is 4.39 Å². The molecule has 0 aliphatic heterocycles. The number of nitrogens with zero attached hydrogens (tertiary/aromatic N) is 3. The van der Waals surface area contributed by atoms with Crippen molar-refractivity contribution in [3.8, 4) is 5.69 Å². The Hall–Kier alpha value is -1.88. The second kappa shape index (κ2) is 5.01. The molecule has 1 amide bonds. The van der Waals surface area contributed by atoms with Crippen molar-refractivity contribution in [2.75, 3.05) is 14.1 Å². The number of halogens is 2. The molecule has 1 aromatic carbocycles. The minimum Gasteiger partial charge on any atom is -0.343 e. The van der Waals surface area contributed by atoms with Gasteiger partial charge in [0.1, 0.15) is 5.82 Å². The molecule has 19 heavy (non-hydrogen) atoms. The molecule has 0 saturated heterocycles. The van der Waals surface area contributed by atoms with Crippen LogP contribution in [-0.2, 0) is 0 Å². The molecule has 2 aromatic rings. The first-order valence-electron chi connectivity index (χ1n) is 5.64. The van der Waals surface area contributed by atoms with Gasteiger partial charge in [0.25, 0.3) is 5.91 Å². The number of hydrogen-bond acceptors (Lipinski definition) is 2. The van der Waals surface area contributed by atoms with Crippen molar-refractivity contribution >= 4 is 17.5 Å². The van der Waals surface area contributed by atoms with Gasteiger partial charge in [-0.05, 0) is 31.2 Å². The predicted octanol–water partition coefficient (Wildman–Crippen LogP) is 2.68. The summed E-state index contributed by atoms with van der Waals surface area (Å²) >= 11 is 5.74. The Morgan fingerprint density at radius 1 is 1.37 bits per heavy atom. The van der Waals surface area contributed by atoms with Crippen molar-refractivity contribution in [1.29, 1.82) is 0 Å². The average Bonchev–Trinajstić information content (AvgIpc) is 2.73. The number of benzene rings is 1. The Bertz CT molecular complexity index is 637. The summed E-state index contributed by atoms with van der Waals surface area (Å²) < 4.78 is 14.7. The SMILES string of the molecule is Cc1cc(C(=O)N(C)C)nn1-c1ccc(F)c(Cl)c1. The van der Waals surface area contributed by atoms with E-state index in [2.05, 4.69) is 5.10 Å². The summed E-state index contributed by atoms with van der Waals surface area (Å²) in [6, 6.07) is 5.98. The van der Waals surface area contributed by atoms with Crippen LogP contribution in [0.3, 0.4) is 0 Å². The number of rotatable bonds is 2. The van der Waals surface area contributed by atoms with E-state index in [4.69, 9.17) is 11.6 Å². The summed E-state index contributed by atoms with van der Waals surface area (Å²) in [7, 11) is 3.32. The number of carbonyl (C=O) groups excluding carboxylic acids is 1. The first-order valence-corrected chi connectivity index (χ1v) is 6.01. The van der Waals surface area contributed by atoms with E-state index in [0.29, 0.717) is 11.4 Å². The van der Waals surface area contributed by atoms with Gasteiger partial charge in [0.05, 0.1) is 10.7 Å². The lowest BCUT2D eigenvalue weighted by atomic mass is 10.3. The number of aromatic nitrogens is 2. The molecule has 0 bridgehead atoms. The summed E-state index contributed by atoms with van der Waals surface area (Å²) in [5.74, 6) is -0.671. The molecule has 100 valence electrons. The smallest absolute Gasteiger partial charge is 0.273 e. The minimum absolute atomic E-state index is 0.0212. The highest BCUT2D eigenvalue weighted by atomic mass is 35.5. The normalized spacial score (nSPS) is 10.6. The first kappa shape index (κ1) is 13.5. The molecular formula is C13H13ClFN3O. The molecular weight excluding hydrogens is 269 g/mol. The molecule has 0 unspecified atom stereocenters. The van der Waals surface area contributed by atoms with Gasteiger partial charge in [0, 0.05) is 19.8 Å². The first-order chi connectivity index (χ1) is 8.90. The van der Waals surface area contributed by atoms with Crippen molar-refractivity contribution in [3.05, 3.63) is 46.5 Å². The summed E-state index contributed by atoms with van der Waals surface area (Å²) in [5.41, 5.74) is 1.72. The van der Waals surface area contributed by atoms with E-state index in [1.165, 1.54) is 17.0 Å². The molecule has 1 aromatic heterocycles. The van der Waals surface area contributed by atoms with E-state index in [-0.39, 0.29) is 10.9 Å². The van der Waals surface area contributed by atoms with Gasteiger partial charge < -0.3 is 4.90 Å². The lowest BCUT2D eigenvalue weighted by Crippen LogP contribution is -2.22. The van der Waals surface area contributed by atoms with E-state index in [1.54, 1.807) is 30.9 Å². The van der Waals surface area contributed by atoms with E-state index in [9.17, 15) is 9.18 Å². The Morgan fingerprint density at radius 3 is 2.63 bits per heavy atom. The molecule has 2 rings (SSSR count). The molecule has 0 N–H and O–H groups in total. The van der Waals surface area contributed by atoms with Gasteiger partial charge >= 0.3 is 0 Å². The third-order valence-corrected chi connectivity index (χ3v) is 2.95. The molecule has 0 fully saturated rings. The highest BCUT2D eigenvalue weighted by molar-refractivity contribution is 6.30. The molecule has 0 atom stereocenters. The van der Waals surface area contributed by atoms with Gasteiger partial charge in [-0.2, -0.15) is 5.10 Å². The Morgan fingerprint density at radius 2 is 2.05 bits per heavy atom. The zero-order valence-corrected chi connectivity index (χ0v) is 11.6. The lowest BCUT2D eigenvalue weighted by molar-refractivity contribution is 0.0821. The minimum atomic E-state index is -0.486. The Labute approximate surface area is 115 Å². The molecule has 6 heteroatoms. The lowest BCUT2D eigenvalue weighted by Gasteiger charge is -2.07. The summed E-state index contributed by atoms with van der Waals surface area (Å²) in [6.07, 6.45) is 0. The maximum absolute atomic E-state index is 13.1. The maximum Gasteiger partial charge on any atom is 0.273 e. The van der Waals surface area contributed by atoms with Crippen LogP contribution in [0.2, 0.25) is 5.02 Å². The monoisotopic (exact) mass is 281 g/mol. The highest BCUT2D eigenvalue weighted by Crippen LogP contribution is 2.20. The van der Waals surface area contributed by atoms with E-state index in [1.807, 2.05) is 6.92 Å². The van der Waals surface area contributed by atoms with Gasteiger partial charge in [0.15, 0.2) is 5.69 Å². The van der Waals surface area contributed by atoms with Gasteiger partial charge in [-0.3, -0.25) is 4.79 Å². The van der Waals surface area contributed by atoms with Crippen LogP contribution in [0.15, 0.2) is 24.3 Å². The quantitative estimate of drug-likeness (QED) is 0.849. The molecule has 4 nitrogen and oxygen atoms in total. The zero-order valence-electron chi connectivity index (χ0n) is 10.8. The maximum atomic E-state index is 13.1. The summed E-state index contributed by atoms with van der Waals surface area (Å²) in [4.78, 5) is 13.3. The van der Waals surface area contributed by atoms with Crippen LogP contribution in [-0.4, -0.2) is 34.7 Å². The predicted molar refractivity (Wildman–Crippen MR) is 71.3 cm³/mol. The number of aryl methyl sites for hydroxylation is 1. The summed E-state index contributed by atoms with van der Waals surface area (Å²) in [6.45, 7) is 1.82. The van der Waals surface area contributed by atoms with Crippen molar-refractivity contribution in [3.63, 3.8) is 0 Å². The van der Waals surface area contributed by atoms with Crippen LogP contribution in [0.5, 0.6) is 0 Å². The van der Waals surface area contributed by atoms with Crippen molar-refractivity contribution in [1.82, 2.24) is 14.7 Å². The number of amides is 1. The number of carbonyl (C=O) groups is 1. The standard InChI is InChI=1S/C13H13ClFN3O/c1-8-6-12(13(19)17(2)3)16-18(8)9-4-5-11(15)10(14)7-9/h4-7H,1-3H3. The van der Waals surface area contributed by atoms with Crippen molar-refractivity contribution in [2.45, 2.75) is 6.92 Å². The fraction of sp³-hybridized carbons (Fsp3) is 0.231. The third kappa shape index (κ3) is 2.61.